The summed E-state index contributed by atoms with van der Waals surface area (Å²) in [6.45, 7) is 1.98. The zero-order valence-electron chi connectivity index (χ0n) is 10.6. The molecule has 1 aromatic carbocycles. The maximum Gasteiger partial charge on any atom is 0.163 e. The summed E-state index contributed by atoms with van der Waals surface area (Å²) >= 11 is 3.55. The van der Waals surface area contributed by atoms with Crippen LogP contribution in [0.3, 0.4) is 0 Å². The molecule has 0 saturated heterocycles. The van der Waals surface area contributed by atoms with E-state index in [0.29, 0.717) is 13.2 Å². The number of hydrogen-bond donors (Lipinski definition) is 1. The number of rotatable bonds is 3. The number of nitrogens with one attached hydrogen (secondary N) is 1. The Morgan fingerprint density at radius 3 is 2.68 bits per heavy atom. The molecule has 0 bridgehead atoms. The van der Waals surface area contributed by atoms with Gasteiger partial charge in [-0.25, -0.2) is 0 Å². The molecule has 0 atom stereocenters. The predicted molar refractivity (Wildman–Crippen MR) is 77.9 cm³/mol. The standard InChI is InChI=1S/C14H15BrN2O2/c1-17-4-2-3-10(17)9-16-12-8-14-13(7-11(12)15)18-5-6-19-14/h2-4,7-8,16H,5-6,9H2,1H3. The Morgan fingerprint density at radius 2 is 2.00 bits per heavy atom. The second-order valence-electron chi connectivity index (χ2n) is 4.44. The van der Waals surface area contributed by atoms with Crippen LogP contribution in [-0.4, -0.2) is 17.8 Å². The van der Waals surface area contributed by atoms with Crippen LogP contribution in [0.2, 0.25) is 0 Å². The molecule has 0 radical (unpaired) electrons. The molecule has 0 saturated carbocycles. The van der Waals surface area contributed by atoms with Crippen LogP contribution in [0, 0.1) is 0 Å². The lowest BCUT2D eigenvalue weighted by Crippen LogP contribution is -2.15. The van der Waals surface area contributed by atoms with Gasteiger partial charge in [-0.1, -0.05) is 0 Å². The number of hydrogen-bond acceptors (Lipinski definition) is 3. The first-order valence-electron chi connectivity index (χ1n) is 6.17. The lowest BCUT2D eigenvalue weighted by molar-refractivity contribution is 0.171. The second kappa shape index (κ2) is 5.17. The van der Waals surface area contributed by atoms with Crippen molar-refractivity contribution in [3.63, 3.8) is 0 Å². The third-order valence-electron chi connectivity index (χ3n) is 3.14. The molecular formula is C14H15BrN2O2. The number of aryl methyl sites for hydroxylation is 1. The van der Waals surface area contributed by atoms with Gasteiger partial charge in [0.15, 0.2) is 11.5 Å². The number of halogens is 1. The quantitative estimate of drug-likeness (QED) is 0.942. The van der Waals surface area contributed by atoms with Crippen LogP contribution in [0.15, 0.2) is 34.9 Å². The minimum absolute atomic E-state index is 0.603. The molecule has 2 heterocycles. The minimum atomic E-state index is 0.603. The molecule has 4 nitrogen and oxygen atoms in total. The Morgan fingerprint density at radius 1 is 1.26 bits per heavy atom. The van der Waals surface area contributed by atoms with Crippen LogP contribution in [0.5, 0.6) is 11.5 Å². The first-order valence-corrected chi connectivity index (χ1v) is 6.96. The van der Waals surface area contributed by atoms with Crippen LogP contribution in [0.4, 0.5) is 5.69 Å². The number of fused-ring (bicyclic) bond motifs is 1. The Hall–Kier alpha value is -1.62. The van der Waals surface area contributed by atoms with Gasteiger partial charge in [0, 0.05) is 35.5 Å². The Labute approximate surface area is 120 Å². The third-order valence-corrected chi connectivity index (χ3v) is 3.80. The topological polar surface area (TPSA) is 35.4 Å². The van der Waals surface area contributed by atoms with E-state index in [2.05, 4.69) is 31.9 Å². The summed E-state index contributed by atoms with van der Waals surface area (Å²) in [5.41, 5.74) is 2.23. The summed E-state index contributed by atoms with van der Waals surface area (Å²) in [6.07, 6.45) is 2.04. The molecule has 0 unspecified atom stereocenters. The van der Waals surface area contributed by atoms with Crippen LogP contribution in [-0.2, 0) is 13.6 Å². The zero-order valence-corrected chi connectivity index (χ0v) is 12.2. The Bertz CT molecular complexity index is 595. The van der Waals surface area contributed by atoms with Crippen LogP contribution in [0.25, 0.3) is 0 Å². The van der Waals surface area contributed by atoms with E-state index in [9.17, 15) is 0 Å². The lowest BCUT2D eigenvalue weighted by atomic mass is 10.2. The third kappa shape index (κ3) is 2.56. The molecule has 5 heteroatoms. The van der Waals surface area contributed by atoms with Gasteiger partial charge in [-0.15, -0.1) is 0 Å². The first-order chi connectivity index (χ1) is 9.24. The summed E-state index contributed by atoms with van der Waals surface area (Å²) in [6, 6.07) is 8.05. The lowest BCUT2D eigenvalue weighted by Gasteiger charge is -2.20. The van der Waals surface area contributed by atoms with E-state index < -0.39 is 0 Å². The van der Waals surface area contributed by atoms with Gasteiger partial charge in [0.2, 0.25) is 0 Å². The molecule has 2 aromatic rings. The van der Waals surface area contributed by atoms with Gasteiger partial charge >= 0.3 is 0 Å². The van der Waals surface area contributed by atoms with Gasteiger partial charge in [-0.05, 0) is 28.1 Å². The highest BCUT2D eigenvalue weighted by Gasteiger charge is 2.14. The Kier molecular flexibility index (Phi) is 3.38. The van der Waals surface area contributed by atoms with Crippen molar-refractivity contribution in [1.82, 2.24) is 4.57 Å². The molecule has 0 amide bonds. The smallest absolute Gasteiger partial charge is 0.163 e. The maximum atomic E-state index is 5.59. The SMILES string of the molecule is Cn1cccc1CNc1cc2c(cc1Br)OCCO2. The van der Waals surface area contributed by atoms with E-state index >= 15 is 0 Å². The number of anilines is 1. The highest BCUT2D eigenvalue weighted by Crippen LogP contribution is 2.38. The van der Waals surface area contributed by atoms with E-state index in [1.807, 2.05) is 31.4 Å². The van der Waals surface area contributed by atoms with Gasteiger partial charge < -0.3 is 19.4 Å². The fraction of sp³-hybridized carbons (Fsp3) is 0.286. The van der Waals surface area contributed by atoms with Crippen molar-refractivity contribution >= 4 is 21.6 Å². The molecule has 19 heavy (non-hydrogen) atoms. The van der Waals surface area contributed by atoms with E-state index in [1.165, 1.54) is 5.69 Å². The molecule has 1 aromatic heterocycles. The number of ether oxygens (including phenoxy) is 2. The van der Waals surface area contributed by atoms with Gasteiger partial charge in [0.1, 0.15) is 13.2 Å². The van der Waals surface area contributed by atoms with Crippen molar-refractivity contribution in [2.75, 3.05) is 18.5 Å². The summed E-state index contributed by atoms with van der Waals surface area (Å²) in [5, 5.41) is 3.40. The van der Waals surface area contributed by atoms with Crippen LogP contribution in [0.1, 0.15) is 5.69 Å². The van der Waals surface area contributed by atoms with E-state index in [0.717, 1.165) is 28.2 Å². The molecule has 1 aliphatic rings. The monoisotopic (exact) mass is 322 g/mol. The van der Waals surface area contributed by atoms with Gasteiger partial charge in [0.05, 0.1) is 12.2 Å². The largest absolute Gasteiger partial charge is 0.486 e. The zero-order chi connectivity index (χ0) is 13.2. The van der Waals surface area contributed by atoms with Gasteiger partial charge in [-0.3, -0.25) is 0 Å². The number of nitrogens with zero attached hydrogens (tertiary/aromatic N) is 1. The van der Waals surface area contributed by atoms with Gasteiger partial charge in [0.25, 0.3) is 0 Å². The molecule has 0 fully saturated rings. The van der Waals surface area contributed by atoms with Crippen molar-refractivity contribution in [3.8, 4) is 11.5 Å². The number of benzene rings is 1. The molecule has 0 spiro atoms. The average molecular weight is 323 g/mol. The van der Waals surface area contributed by atoms with Crippen LogP contribution < -0.4 is 14.8 Å². The fourth-order valence-electron chi connectivity index (χ4n) is 2.07. The highest BCUT2D eigenvalue weighted by molar-refractivity contribution is 9.10. The van der Waals surface area contributed by atoms with E-state index in [4.69, 9.17) is 9.47 Å². The first kappa shape index (κ1) is 12.4. The highest BCUT2D eigenvalue weighted by atomic mass is 79.9. The Balaban J connectivity index is 1.79. The average Bonchev–Trinajstić information content (AvgIpc) is 2.82. The van der Waals surface area contributed by atoms with Crippen molar-refractivity contribution in [1.29, 1.82) is 0 Å². The molecular weight excluding hydrogens is 308 g/mol. The normalized spacial score (nSPS) is 13.4. The van der Waals surface area contributed by atoms with Crippen molar-refractivity contribution < 1.29 is 9.47 Å². The summed E-state index contributed by atoms with van der Waals surface area (Å²) in [4.78, 5) is 0. The van der Waals surface area contributed by atoms with Gasteiger partial charge in [-0.2, -0.15) is 0 Å². The van der Waals surface area contributed by atoms with Crippen molar-refractivity contribution in [2.24, 2.45) is 7.05 Å². The maximum absolute atomic E-state index is 5.59. The minimum Gasteiger partial charge on any atom is -0.486 e. The van der Waals surface area contributed by atoms with Crippen molar-refractivity contribution in [3.05, 3.63) is 40.6 Å². The molecule has 1 aliphatic heterocycles. The summed E-state index contributed by atoms with van der Waals surface area (Å²) in [5.74, 6) is 1.59. The number of aromatic nitrogens is 1. The molecule has 100 valence electrons. The second-order valence-corrected chi connectivity index (χ2v) is 5.29. The molecule has 3 rings (SSSR count). The van der Waals surface area contributed by atoms with E-state index in [1.54, 1.807) is 0 Å². The summed E-state index contributed by atoms with van der Waals surface area (Å²) in [7, 11) is 2.04. The van der Waals surface area contributed by atoms with Crippen LogP contribution >= 0.6 is 15.9 Å². The summed E-state index contributed by atoms with van der Waals surface area (Å²) < 4.78 is 14.2. The fourth-order valence-corrected chi connectivity index (χ4v) is 2.53. The molecule has 0 aliphatic carbocycles. The molecule has 1 N–H and O–H groups in total. The predicted octanol–water partition coefficient (Wildman–Crippen LogP) is 3.17. The van der Waals surface area contributed by atoms with Crippen molar-refractivity contribution in [2.45, 2.75) is 6.54 Å². The van der Waals surface area contributed by atoms with E-state index in [-0.39, 0.29) is 0 Å².